The Morgan fingerprint density at radius 2 is 2.03 bits per heavy atom. The van der Waals surface area contributed by atoms with E-state index in [4.69, 9.17) is 11.6 Å². The van der Waals surface area contributed by atoms with Gasteiger partial charge in [-0.15, -0.1) is 0 Å². The number of thioether (sulfide) groups is 1. The molecule has 0 radical (unpaired) electrons. The molecule has 2 aromatic carbocycles. The molecule has 0 spiro atoms. The summed E-state index contributed by atoms with van der Waals surface area (Å²) in [6.45, 7) is 3.83. The zero-order chi connectivity index (χ0) is 22.0. The molecule has 0 unspecified atom stereocenters. The third kappa shape index (κ3) is 4.47. The number of para-hydroxylation sites is 1. The second-order valence-electron chi connectivity index (χ2n) is 7.02. The molecule has 4 rings (SSSR count). The lowest BCUT2D eigenvalue weighted by Crippen LogP contribution is -2.25. The van der Waals surface area contributed by atoms with Crippen LogP contribution in [0.4, 0.5) is 5.69 Å². The topological polar surface area (TPSA) is 94.7 Å². The average Bonchev–Trinajstić information content (AvgIpc) is 3.27. The maximum absolute atomic E-state index is 12.9. The molecule has 0 aliphatic rings. The highest BCUT2D eigenvalue weighted by molar-refractivity contribution is 7.99. The smallest absolute Gasteiger partial charge is 0.262 e. The van der Waals surface area contributed by atoms with Crippen molar-refractivity contribution in [3.05, 3.63) is 70.5 Å². The largest absolute Gasteiger partial charge is 0.323 e. The highest BCUT2D eigenvalue weighted by atomic mass is 35.5. The van der Waals surface area contributed by atoms with E-state index in [0.29, 0.717) is 32.5 Å². The highest BCUT2D eigenvalue weighted by Crippen LogP contribution is 2.25. The van der Waals surface area contributed by atoms with Gasteiger partial charge in [-0.1, -0.05) is 35.5 Å². The van der Waals surface area contributed by atoms with Gasteiger partial charge in [0, 0.05) is 11.1 Å². The van der Waals surface area contributed by atoms with Gasteiger partial charge in [-0.25, -0.2) is 14.6 Å². The molecule has 0 atom stereocenters. The van der Waals surface area contributed by atoms with Crippen molar-refractivity contribution in [1.29, 1.82) is 0 Å². The maximum Gasteiger partial charge on any atom is 0.262 e. The molecule has 0 saturated heterocycles. The van der Waals surface area contributed by atoms with Crippen LogP contribution in [0.2, 0.25) is 5.02 Å². The van der Waals surface area contributed by atoms with E-state index in [1.54, 1.807) is 39.6 Å². The van der Waals surface area contributed by atoms with Crippen molar-refractivity contribution in [3.8, 4) is 5.69 Å². The van der Waals surface area contributed by atoms with Crippen molar-refractivity contribution in [3.63, 3.8) is 0 Å². The van der Waals surface area contributed by atoms with E-state index in [-0.39, 0.29) is 23.3 Å². The summed E-state index contributed by atoms with van der Waals surface area (Å²) >= 11 is 7.32. The van der Waals surface area contributed by atoms with Gasteiger partial charge >= 0.3 is 0 Å². The first kappa shape index (κ1) is 21.1. The summed E-state index contributed by atoms with van der Waals surface area (Å²) in [5, 5.41) is 8.50. The number of rotatable bonds is 6. The van der Waals surface area contributed by atoms with Crippen molar-refractivity contribution in [2.45, 2.75) is 25.0 Å². The molecule has 4 aromatic rings. The van der Waals surface area contributed by atoms with E-state index in [2.05, 4.69) is 20.4 Å². The number of fused-ring (bicyclic) bond motifs is 1. The Balaban J connectivity index is 1.58. The summed E-state index contributed by atoms with van der Waals surface area (Å²) in [4.78, 5) is 34.2. The van der Waals surface area contributed by atoms with Crippen LogP contribution < -0.4 is 10.9 Å². The molecule has 158 valence electrons. The molecular formula is C21H19ClN6O2S. The fraction of sp³-hybridized carbons (Fsp3) is 0.190. The zero-order valence-electron chi connectivity index (χ0n) is 16.8. The first-order valence-corrected chi connectivity index (χ1v) is 10.9. The van der Waals surface area contributed by atoms with Gasteiger partial charge in [-0.3, -0.25) is 14.2 Å². The first-order chi connectivity index (χ1) is 14.9. The summed E-state index contributed by atoms with van der Waals surface area (Å²) in [5.41, 5.74) is 1.64. The maximum atomic E-state index is 12.9. The fourth-order valence-corrected chi connectivity index (χ4v) is 4.24. The number of aromatic nitrogens is 5. The molecule has 0 fully saturated rings. The Hall–Kier alpha value is -3.17. The van der Waals surface area contributed by atoms with Crippen LogP contribution in [0.3, 0.4) is 0 Å². The second-order valence-corrected chi connectivity index (χ2v) is 8.40. The lowest BCUT2D eigenvalue weighted by molar-refractivity contribution is -0.113. The third-order valence-electron chi connectivity index (χ3n) is 4.52. The number of amides is 1. The van der Waals surface area contributed by atoms with Gasteiger partial charge in [0.25, 0.3) is 5.56 Å². The molecule has 2 aromatic heterocycles. The molecule has 2 heterocycles. The molecule has 1 amide bonds. The minimum absolute atomic E-state index is 0.0702. The van der Waals surface area contributed by atoms with Crippen molar-refractivity contribution in [1.82, 2.24) is 24.3 Å². The second kappa shape index (κ2) is 8.91. The van der Waals surface area contributed by atoms with Crippen molar-refractivity contribution in [2.75, 3.05) is 11.1 Å². The number of anilines is 1. The molecule has 10 heteroatoms. The molecule has 0 aliphatic carbocycles. The normalized spacial score (nSPS) is 11.2. The Labute approximate surface area is 187 Å². The Kier molecular flexibility index (Phi) is 6.06. The number of nitrogens with one attached hydrogen (secondary N) is 1. The standard InChI is InChI=1S/C21H19ClN6O2S/c1-13(2)28-20(30)15-5-3-4-6-16(15)26-21(28)31-10-19(29)25-17-9-14(22)7-8-18(17)27-12-23-11-24-27/h3-9,11-13H,10H2,1-2H3,(H,25,29). The third-order valence-corrected chi connectivity index (χ3v) is 5.71. The zero-order valence-corrected chi connectivity index (χ0v) is 18.4. The summed E-state index contributed by atoms with van der Waals surface area (Å²) in [7, 11) is 0. The van der Waals surface area contributed by atoms with Crippen LogP contribution in [0.15, 0.2) is 65.1 Å². The van der Waals surface area contributed by atoms with Gasteiger partial charge < -0.3 is 5.32 Å². The van der Waals surface area contributed by atoms with Crippen LogP contribution in [-0.2, 0) is 4.79 Å². The van der Waals surface area contributed by atoms with Gasteiger partial charge in [0.2, 0.25) is 5.91 Å². The van der Waals surface area contributed by atoms with E-state index < -0.39 is 0 Å². The van der Waals surface area contributed by atoms with Crippen LogP contribution in [0.5, 0.6) is 0 Å². The Morgan fingerprint density at radius 3 is 2.77 bits per heavy atom. The van der Waals surface area contributed by atoms with Crippen molar-refractivity contribution in [2.24, 2.45) is 0 Å². The predicted octanol–water partition coefficient (Wildman–Crippen LogP) is 3.94. The number of halogens is 1. The minimum Gasteiger partial charge on any atom is -0.323 e. The SMILES string of the molecule is CC(C)n1c(SCC(=O)Nc2cc(Cl)ccc2-n2cncn2)nc2ccccc2c1=O. The van der Waals surface area contributed by atoms with Crippen molar-refractivity contribution >= 4 is 45.9 Å². The van der Waals surface area contributed by atoms with E-state index in [1.807, 2.05) is 26.0 Å². The number of hydrogen-bond donors (Lipinski definition) is 1. The van der Waals surface area contributed by atoms with Crippen LogP contribution >= 0.6 is 23.4 Å². The van der Waals surface area contributed by atoms with E-state index in [1.165, 1.54) is 24.4 Å². The molecule has 0 aliphatic heterocycles. The van der Waals surface area contributed by atoms with E-state index >= 15 is 0 Å². The fourth-order valence-electron chi connectivity index (χ4n) is 3.14. The minimum atomic E-state index is -0.258. The predicted molar refractivity (Wildman–Crippen MR) is 122 cm³/mol. The van der Waals surface area contributed by atoms with Crippen molar-refractivity contribution < 1.29 is 4.79 Å². The number of carbonyl (C=O) groups is 1. The molecule has 1 N–H and O–H groups in total. The van der Waals surface area contributed by atoms with Gasteiger partial charge in [0.05, 0.1) is 28.0 Å². The summed E-state index contributed by atoms with van der Waals surface area (Å²) in [5.74, 6) is -0.188. The molecular weight excluding hydrogens is 436 g/mol. The van der Waals surface area contributed by atoms with Crippen LogP contribution in [0.1, 0.15) is 19.9 Å². The van der Waals surface area contributed by atoms with Gasteiger partial charge in [0.15, 0.2) is 5.16 Å². The van der Waals surface area contributed by atoms with E-state index in [9.17, 15) is 9.59 Å². The van der Waals surface area contributed by atoms with Gasteiger partial charge in [-0.2, -0.15) is 5.10 Å². The molecule has 0 bridgehead atoms. The lowest BCUT2D eigenvalue weighted by atomic mass is 10.2. The van der Waals surface area contributed by atoms with Gasteiger partial charge in [-0.05, 0) is 44.2 Å². The Morgan fingerprint density at radius 1 is 1.23 bits per heavy atom. The highest BCUT2D eigenvalue weighted by Gasteiger charge is 2.16. The quantitative estimate of drug-likeness (QED) is 0.350. The summed E-state index contributed by atoms with van der Waals surface area (Å²) in [6.07, 6.45) is 2.95. The monoisotopic (exact) mass is 454 g/mol. The number of hydrogen-bond acceptors (Lipinski definition) is 6. The summed E-state index contributed by atoms with van der Waals surface area (Å²) < 4.78 is 3.15. The number of nitrogens with zero attached hydrogens (tertiary/aromatic N) is 5. The molecule has 0 saturated carbocycles. The lowest BCUT2D eigenvalue weighted by Gasteiger charge is -2.16. The van der Waals surface area contributed by atoms with Crippen LogP contribution in [-0.4, -0.2) is 36.0 Å². The van der Waals surface area contributed by atoms with Gasteiger partial charge in [0.1, 0.15) is 12.7 Å². The summed E-state index contributed by atoms with van der Waals surface area (Å²) in [6, 6.07) is 12.2. The molecule has 8 nitrogen and oxygen atoms in total. The first-order valence-electron chi connectivity index (χ1n) is 9.52. The van der Waals surface area contributed by atoms with Crippen LogP contribution in [0, 0.1) is 0 Å². The Bertz CT molecular complexity index is 1300. The van der Waals surface area contributed by atoms with E-state index in [0.717, 1.165) is 0 Å². The number of benzene rings is 2. The number of carbonyl (C=O) groups excluding carboxylic acids is 1. The molecule has 31 heavy (non-hydrogen) atoms. The average molecular weight is 455 g/mol. The van der Waals surface area contributed by atoms with Crippen LogP contribution in [0.25, 0.3) is 16.6 Å².